The molecule has 0 bridgehead atoms. The first-order valence-corrected chi connectivity index (χ1v) is 7.76. The lowest BCUT2D eigenvalue weighted by molar-refractivity contribution is 0.0505. The molecule has 0 unspecified atom stereocenters. The van der Waals surface area contributed by atoms with Crippen LogP contribution >= 0.6 is 0 Å². The topological polar surface area (TPSA) is 65.4 Å². The molecule has 0 aliphatic heterocycles. The Morgan fingerprint density at radius 3 is 2.64 bits per heavy atom. The van der Waals surface area contributed by atoms with E-state index >= 15 is 0 Å². The second-order valence-electron chi connectivity index (χ2n) is 6.85. The molecule has 1 rings (SSSR count). The molecule has 0 fully saturated rings. The molecule has 6 heteroatoms. The summed E-state index contributed by atoms with van der Waals surface area (Å²) in [6, 6.07) is -0.178. The molecule has 0 aliphatic carbocycles. The van der Waals surface area contributed by atoms with E-state index < -0.39 is 11.7 Å². The van der Waals surface area contributed by atoms with Crippen LogP contribution in [0.1, 0.15) is 53.3 Å². The van der Waals surface area contributed by atoms with E-state index in [0.29, 0.717) is 19.1 Å². The summed E-state index contributed by atoms with van der Waals surface area (Å²) >= 11 is 0. The Morgan fingerprint density at radius 2 is 2.05 bits per heavy atom. The van der Waals surface area contributed by atoms with Gasteiger partial charge in [-0.3, -0.25) is 0 Å². The van der Waals surface area contributed by atoms with Crippen molar-refractivity contribution in [1.82, 2.24) is 14.9 Å². The van der Waals surface area contributed by atoms with Crippen LogP contribution in [0.15, 0.2) is 12.5 Å². The van der Waals surface area contributed by atoms with Gasteiger partial charge < -0.3 is 19.4 Å². The molecular formula is C16H29N3O3. The number of nitrogens with one attached hydrogen (secondary N) is 1. The van der Waals surface area contributed by atoms with E-state index in [1.807, 2.05) is 32.3 Å². The minimum Gasteiger partial charge on any atom is -0.444 e. The van der Waals surface area contributed by atoms with E-state index in [4.69, 9.17) is 9.47 Å². The van der Waals surface area contributed by atoms with Crippen molar-refractivity contribution in [2.24, 2.45) is 5.92 Å². The monoisotopic (exact) mass is 311 g/mol. The van der Waals surface area contributed by atoms with Crippen molar-refractivity contribution in [3.63, 3.8) is 0 Å². The summed E-state index contributed by atoms with van der Waals surface area (Å²) in [5, 5.41) is 2.83. The van der Waals surface area contributed by atoms with Crippen LogP contribution < -0.4 is 5.32 Å². The van der Waals surface area contributed by atoms with E-state index in [-0.39, 0.29) is 6.04 Å². The van der Waals surface area contributed by atoms with E-state index in [1.54, 1.807) is 12.5 Å². The van der Waals surface area contributed by atoms with Gasteiger partial charge in [0.2, 0.25) is 0 Å². The first-order chi connectivity index (χ1) is 10.2. The highest BCUT2D eigenvalue weighted by atomic mass is 16.6. The van der Waals surface area contributed by atoms with Crippen molar-refractivity contribution in [3.05, 3.63) is 18.2 Å². The van der Waals surface area contributed by atoms with Gasteiger partial charge in [0.15, 0.2) is 0 Å². The Hall–Kier alpha value is -1.56. The highest BCUT2D eigenvalue weighted by molar-refractivity contribution is 5.68. The normalized spacial score (nSPS) is 13.2. The average molecular weight is 311 g/mol. The summed E-state index contributed by atoms with van der Waals surface area (Å²) < 4.78 is 12.8. The number of carbonyl (C=O) groups is 1. The third-order valence-electron chi connectivity index (χ3n) is 2.85. The minimum atomic E-state index is -0.505. The Labute approximate surface area is 133 Å². The molecule has 0 saturated carbocycles. The van der Waals surface area contributed by atoms with Crippen molar-refractivity contribution < 1.29 is 14.3 Å². The fourth-order valence-corrected chi connectivity index (χ4v) is 1.92. The lowest BCUT2D eigenvalue weighted by Gasteiger charge is -2.22. The lowest BCUT2D eigenvalue weighted by atomic mass is 10.2. The number of imidazole rings is 1. The van der Waals surface area contributed by atoms with Gasteiger partial charge in [0.05, 0.1) is 30.9 Å². The van der Waals surface area contributed by atoms with Gasteiger partial charge in [0.25, 0.3) is 0 Å². The number of carbonyl (C=O) groups excluding carboxylic acids is 1. The standard InChI is InChI=1S/C16H29N3O3/c1-12(2)10-21-8-7-19-11-17-9-14(19)13(3)18-15(20)22-16(4,5)6/h9,11-13H,7-8,10H2,1-6H3,(H,18,20)/t13-/m0/s1. The summed E-state index contributed by atoms with van der Waals surface area (Å²) in [7, 11) is 0. The van der Waals surface area contributed by atoms with E-state index in [2.05, 4.69) is 24.1 Å². The summed E-state index contributed by atoms with van der Waals surface area (Å²) in [6.07, 6.45) is 3.08. The molecule has 22 heavy (non-hydrogen) atoms. The molecule has 126 valence electrons. The quantitative estimate of drug-likeness (QED) is 0.786. The van der Waals surface area contributed by atoms with Crippen LogP contribution in [0.3, 0.4) is 0 Å². The number of amides is 1. The predicted octanol–water partition coefficient (Wildman–Crippen LogP) is 3.14. The summed E-state index contributed by atoms with van der Waals surface area (Å²) in [5.41, 5.74) is 0.424. The van der Waals surface area contributed by atoms with Crippen molar-refractivity contribution in [1.29, 1.82) is 0 Å². The third kappa shape index (κ3) is 6.93. The number of rotatable bonds is 7. The van der Waals surface area contributed by atoms with Gasteiger partial charge in [-0.2, -0.15) is 0 Å². The van der Waals surface area contributed by atoms with Gasteiger partial charge >= 0.3 is 6.09 Å². The molecule has 0 radical (unpaired) electrons. The number of ether oxygens (including phenoxy) is 2. The molecule has 6 nitrogen and oxygen atoms in total. The van der Waals surface area contributed by atoms with Crippen LogP contribution in [-0.4, -0.2) is 34.5 Å². The van der Waals surface area contributed by atoms with E-state index in [0.717, 1.165) is 12.3 Å². The zero-order valence-electron chi connectivity index (χ0n) is 14.5. The van der Waals surface area contributed by atoms with Gasteiger partial charge in [-0.25, -0.2) is 9.78 Å². The maximum Gasteiger partial charge on any atom is 0.408 e. The minimum absolute atomic E-state index is 0.178. The Morgan fingerprint density at radius 1 is 1.36 bits per heavy atom. The zero-order chi connectivity index (χ0) is 16.8. The number of alkyl carbamates (subject to hydrolysis) is 1. The smallest absolute Gasteiger partial charge is 0.408 e. The largest absolute Gasteiger partial charge is 0.444 e. The summed E-state index contributed by atoms with van der Waals surface area (Å²) in [6.45, 7) is 13.8. The molecule has 0 saturated heterocycles. The third-order valence-corrected chi connectivity index (χ3v) is 2.85. The maximum atomic E-state index is 11.8. The SMILES string of the molecule is CC(C)COCCn1cncc1[C@H](C)NC(=O)OC(C)(C)C. The van der Waals surface area contributed by atoms with Crippen molar-refractivity contribution >= 4 is 6.09 Å². The molecule has 1 atom stereocenters. The van der Waals surface area contributed by atoms with Crippen LogP contribution in [0.4, 0.5) is 4.79 Å². The Kier molecular flexibility index (Phi) is 6.87. The predicted molar refractivity (Wildman–Crippen MR) is 85.7 cm³/mol. The van der Waals surface area contributed by atoms with Crippen molar-refractivity contribution in [2.75, 3.05) is 13.2 Å². The fourth-order valence-electron chi connectivity index (χ4n) is 1.92. The van der Waals surface area contributed by atoms with Gasteiger partial charge in [-0.1, -0.05) is 13.8 Å². The molecule has 1 N–H and O–H groups in total. The molecular weight excluding hydrogens is 282 g/mol. The van der Waals surface area contributed by atoms with Gasteiger partial charge in [0.1, 0.15) is 5.60 Å². The van der Waals surface area contributed by atoms with Crippen LogP contribution in [0.25, 0.3) is 0 Å². The molecule has 0 spiro atoms. The van der Waals surface area contributed by atoms with Crippen LogP contribution in [0, 0.1) is 5.92 Å². The van der Waals surface area contributed by atoms with Crippen LogP contribution in [0.5, 0.6) is 0 Å². The first-order valence-electron chi connectivity index (χ1n) is 7.76. The highest BCUT2D eigenvalue weighted by Crippen LogP contribution is 2.14. The van der Waals surface area contributed by atoms with Gasteiger partial charge in [-0.05, 0) is 33.6 Å². The molecule has 0 aliphatic rings. The molecule has 1 amide bonds. The second-order valence-corrected chi connectivity index (χ2v) is 6.85. The van der Waals surface area contributed by atoms with Crippen LogP contribution in [-0.2, 0) is 16.0 Å². The van der Waals surface area contributed by atoms with E-state index in [9.17, 15) is 4.79 Å². The second kappa shape index (κ2) is 8.17. The lowest BCUT2D eigenvalue weighted by Crippen LogP contribution is -2.34. The Bertz CT molecular complexity index is 463. The highest BCUT2D eigenvalue weighted by Gasteiger charge is 2.19. The van der Waals surface area contributed by atoms with Gasteiger partial charge in [0, 0.05) is 13.2 Å². The molecule has 1 heterocycles. The first kappa shape index (κ1) is 18.5. The fraction of sp³-hybridized carbons (Fsp3) is 0.750. The van der Waals surface area contributed by atoms with E-state index in [1.165, 1.54) is 0 Å². The average Bonchev–Trinajstić information content (AvgIpc) is 2.80. The molecule has 1 aromatic rings. The number of hydrogen-bond donors (Lipinski definition) is 1. The number of hydrogen-bond acceptors (Lipinski definition) is 4. The van der Waals surface area contributed by atoms with Gasteiger partial charge in [-0.15, -0.1) is 0 Å². The number of nitrogens with zero attached hydrogens (tertiary/aromatic N) is 2. The molecule has 1 aromatic heterocycles. The molecule has 0 aromatic carbocycles. The maximum absolute atomic E-state index is 11.8. The summed E-state index contributed by atoms with van der Waals surface area (Å²) in [5.74, 6) is 0.523. The van der Waals surface area contributed by atoms with Crippen molar-refractivity contribution in [2.45, 2.75) is 59.7 Å². The summed E-state index contributed by atoms with van der Waals surface area (Å²) in [4.78, 5) is 16.0. The zero-order valence-corrected chi connectivity index (χ0v) is 14.5. The Balaban J connectivity index is 2.51. The van der Waals surface area contributed by atoms with Crippen LogP contribution in [0.2, 0.25) is 0 Å². The van der Waals surface area contributed by atoms with Crippen molar-refractivity contribution in [3.8, 4) is 0 Å². The number of aromatic nitrogens is 2.